The fourth-order valence-electron chi connectivity index (χ4n) is 1.51. The minimum Gasteiger partial charge on any atom is -0.465 e. The van der Waals surface area contributed by atoms with Crippen LogP contribution in [0.25, 0.3) is 0 Å². The van der Waals surface area contributed by atoms with Crippen molar-refractivity contribution in [3.05, 3.63) is 23.3 Å². The van der Waals surface area contributed by atoms with Gasteiger partial charge in [0, 0.05) is 5.69 Å². The van der Waals surface area contributed by atoms with E-state index in [-0.39, 0.29) is 6.61 Å². The fourth-order valence-corrected chi connectivity index (χ4v) is 2.53. The molecule has 0 saturated heterocycles. The van der Waals surface area contributed by atoms with E-state index in [1.165, 1.54) is 0 Å². The van der Waals surface area contributed by atoms with Gasteiger partial charge in [-0.05, 0) is 44.0 Å². The molecule has 0 heterocycles. The van der Waals surface area contributed by atoms with Crippen LogP contribution in [-0.4, -0.2) is 26.7 Å². The molecule has 0 aliphatic rings. The monoisotopic (exact) mass is 286 g/mol. The van der Waals surface area contributed by atoms with E-state index in [4.69, 9.17) is 5.73 Å². The Labute approximate surface area is 113 Å². The highest BCUT2D eigenvalue weighted by molar-refractivity contribution is 7.93. The number of carbonyl (C=O) groups excluding carboxylic acids is 1. The van der Waals surface area contributed by atoms with E-state index in [0.717, 1.165) is 5.56 Å². The highest BCUT2D eigenvalue weighted by Crippen LogP contribution is 2.23. The molecule has 0 unspecified atom stereocenters. The van der Waals surface area contributed by atoms with Gasteiger partial charge in [-0.3, -0.25) is 9.52 Å². The van der Waals surface area contributed by atoms with Crippen LogP contribution >= 0.6 is 0 Å². The Hall–Kier alpha value is -1.76. The average molecular weight is 286 g/mol. The van der Waals surface area contributed by atoms with Crippen LogP contribution in [0.2, 0.25) is 0 Å². The van der Waals surface area contributed by atoms with Gasteiger partial charge in [0.25, 0.3) is 0 Å². The summed E-state index contributed by atoms with van der Waals surface area (Å²) in [6.07, 6.45) is 0. The Morgan fingerprint density at radius 2 is 1.95 bits per heavy atom. The maximum absolute atomic E-state index is 11.8. The van der Waals surface area contributed by atoms with Gasteiger partial charge < -0.3 is 10.5 Å². The maximum atomic E-state index is 11.8. The predicted octanol–water partition coefficient (Wildman–Crippen LogP) is 1.19. The van der Waals surface area contributed by atoms with Crippen molar-refractivity contribution in [2.24, 2.45) is 0 Å². The number of carbonyl (C=O) groups is 1. The molecule has 0 fully saturated rings. The topological polar surface area (TPSA) is 98.5 Å². The molecule has 1 rings (SSSR count). The molecule has 1 aromatic carbocycles. The number of hydrogen-bond acceptors (Lipinski definition) is 5. The number of esters is 1. The van der Waals surface area contributed by atoms with E-state index in [0.29, 0.717) is 16.9 Å². The first-order valence-electron chi connectivity index (χ1n) is 5.78. The molecule has 3 N–H and O–H groups in total. The van der Waals surface area contributed by atoms with Gasteiger partial charge in [0.05, 0.1) is 12.3 Å². The fraction of sp³-hybridized carbons (Fsp3) is 0.417. The Morgan fingerprint density at radius 1 is 1.32 bits per heavy atom. The standard InChI is InChI=1S/C12H18N2O4S/c1-4-18-12(15)7-19(16,17)14-11-6-8(2)10(13)5-9(11)3/h5-6,14H,4,7,13H2,1-3H3. The highest BCUT2D eigenvalue weighted by Gasteiger charge is 2.18. The number of hydrogen-bond donors (Lipinski definition) is 2. The molecular weight excluding hydrogens is 268 g/mol. The minimum atomic E-state index is -3.77. The van der Waals surface area contributed by atoms with Crippen LogP contribution < -0.4 is 10.5 Å². The highest BCUT2D eigenvalue weighted by atomic mass is 32.2. The van der Waals surface area contributed by atoms with E-state index in [9.17, 15) is 13.2 Å². The van der Waals surface area contributed by atoms with Crippen molar-refractivity contribution in [2.45, 2.75) is 20.8 Å². The Kier molecular flexibility index (Phi) is 4.77. The third-order valence-electron chi connectivity index (χ3n) is 2.49. The van der Waals surface area contributed by atoms with Crippen molar-refractivity contribution in [2.75, 3.05) is 22.8 Å². The van der Waals surface area contributed by atoms with Gasteiger partial charge in [-0.25, -0.2) is 8.42 Å². The van der Waals surface area contributed by atoms with E-state index in [1.54, 1.807) is 32.9 Å². The Balaban J connectivity index is 2.90. The number of anilines is 2. The second kappa shape index (κ2) is 5.92. The normalized spacial score (nSPS) is 11.1. The van der Waals surface area contributed by atoms with Crippen LogP contribution in [0.4, 0.5) is 11.4 Å². The molecule has 7 heteroatoms. The molecule has 0 aliphatic heterocycles. The smallest absolute Gasteiger partial charge is 0.323 e. The van der Waals surface area contributed by atoms with Crippen molar-refractivity contribution in [1.29, 1.82) is 0 Å². The van der Waals surface area contributed by atoms with E-state index in [2.05, 4.69) is 9.46 Å². The minimum absolute atomic E-state index is 0.147. The zero-order valence-electron chi connectivity index (χ0n) is 11.2. The number of benzene rings is 1. The summed E-state index contributed by atoms with van der Waals surface area (Å²) in [7, 11) is -3.77. The lowest BCUT2D eigenvalue weighted by Crippen LogP contribution is -2.24. The third kappa shape index (κ3) is 4.44. The quantitative estimate of drug-likeness (QED) is 0.626. The molecule has 19 heavy (non-hydrogen) atoms. The molecule has 0 bridgehead atoms. The average Bonchev–Trinajstić information content (AvgIpc) is 2.24. The van der Waals surface area contributed by atoms with Crippen molar-refractivity contribution in [1.82, 2.24) is 0 Å². The van der Waals surface area contributed by atoms with E-state index in [1.807, 2.05) is 0 Å². The van der Waals surface area contributed by atoms with Gasteiger partial charge in [0.2, 0.25) is 10.0 Å². The number of nitrogens with two attached hydrogens (primary N) is 1. The third-order valence-corrected chi connectivity index (χ3v) is 3.64. The molecule has 0 saturated carbocycles. The summed E-state index contributed by atoms with van der Waals surface area (Å²) >= 11 is 0. The SMILES string of the molecule is CCOC(=O)CS(=O)(=O)Nc1cc(C)c(N)cc1C. The molecule has 6 nitrogen and oxygen atoms in total. The van der Waals surface area contributed by atoms with Gasteiger partial charge in [0.15, 0.2) is 5.75 Å². The number of sulfonamides is 1. The van der Waals surface area contributed by atoms with Crippen molar-refractivity contribution >= 4 is 27.4 Å². The second-order valence-electron chi connectivity index (χ2n) is 4.19. The zero-order valence-corrected chi connectivity index (χ0v) is 12.0. The number of nitrogens with one attached hydrogen (secondary N) is 1. The maximum Gasteiger partial charge on any atom is 0.323 e. The van der Waals surface area contributed by atoms with E-state index >= 15 is 0 Å². The molecule has 106 valence electrons. The second-order valence-corrected chi connectivity index (χ2v) is 5.91. The first kappa shape index (κ1) is 15.3. The van der Waals surface area contributed by atoms with Gasteiger partial charge in [0.1, 0.15) is 0 Å². The first-order valence-corrected chi connectivity index (χ1v) is 7.43. The van der Waals surface area contributed by atoms with Gasteiger partial charge in [-0.2, -0.15) is 0 Å². The van der Waals surface area contributed by atoms with Crippen LogP contribution in [0.5, 0.6) is 0 Å². The summed E-state index contributed by atoms with van der Waals surface area (Å²) < 4.78 is 30.6. The van der Waals surface area contributed by atoms with Crippen molar-refractivity contribution < 1.29 is 17.9 Å². The van der Waals surface area contributed by atoms with Crippen LogP contribution in [-0.2, 0) is 19.6 Å². The van der Waals surface area contributed by atoms with Crippen molar-refractivity contribution in [3.63, 3.8) is 0 Å². The number of rotatable bonds is 5. The zero-order chi connectivity index (χ0) is 14.6. The number of nitrogen functional groups attached to an aromatic ring is 1. The Bertz CT molecular complexity index is 582. The lowest BCUT2D eigenvalue weighted by atomic mass is 10.1. The molecule has 0 amide bonds. The Morgan fingerprint density at radius 3 is 2.53 bits per heavy atom. The van der Waals surface area contributed by atoms with Crippen LogP contribution in [0.3, 0.4) is 0 Å². The number of aryl methyl sites for hydroxylation is 2. The molecule has 0 aliphatic carbocycles. The summed E-state index contributed by atoms with van der Waals surface area (Å²) in [6, 6.07) is 3.31. The largest absolute Gasteiger partial charge is 0.465 e. The van der Waals surface area contributed by atoms with Gasteiger partial charge in [-0.15, -0.1) is 0 Å². The molecule has 0 aromatic heterocycles. The predicted molar refractivity (Wildman–Crippen MR) is 74.4 cm³/mol. The molecule has 0 spiro atoms. The lowest BCUT2D eigenvalue weighted by Gasteiger charge is -2.12. The van der Waals surface area contributed by atoms with Gasteiger partial charge >= 0.3 is 5.97 Å². The van der Waals surface area contributed by atoms with Crippen LogP contribution in [0, 0.1) is 13.8 Å². The molecule has 0 radical (unpaired) electrons. The lowest BCUT2D eigenvalue weighted by molar-refractivity contribution is -0.139. The summed E-state index contributed by atoms with van der Waals surface area (Å²) in [5.74, 6) is -1.48. The van der Waals surface area contributed by atoms with Crippen molar-refractivity contribution in [3.8, 4) is 0 Å². The molecule has 1 aromatic rings. The first-order chi connectivity index (χ1) is 8.75. The summed E-state index contributed by atoms with van der Waals surface area (Å²) in [5.41, 5.74) is 8.18. The molecule has 0 atom stereocenters. The van der Waals surface area contributed by atoms with Gasteiger partial charge in [-0.1, -0.05) is 0 Å². The van der Waals surface area contributed by atoms with E-state index < -0.39 is 21.7 Å². The summed E-state index contributed by atoms with van der Waals surface area (Å²) in [6.45, 7) is 5.27. The number of ether oxygens (including phenoxy) is 1. The molecular formula is C12H18N2O4S. The summed E-state index contributed by atoms with van der Waals surface area (Å²) in [5, 5.41) is 0. The summed E-state index contributed by atoms with van der Waals surface area (Å²) in [4.78, 5) is 11.2. The van der Waals surface area contributed by atoms with Crippen LogP contribution in [0.1, 0.15) is 18.1 Å². The van der Waals surface area contributed by atoms with Crippen LogP contribution in [0.15, 0.2) is 12.1 Å².